The molecule has 0 fully saturated rings. The van der Waals surface area contributed by atoms with Gasteiger partial charge in [0.25, 0.3) is 0 Å². The van der Waals surface area contributed by atoms with E-state index < -0.39 is 23.7 Å². The number of hydrogen-bond acceptors (Lipinski definition) is 2. The second kappa shape index (κ2) is 4.61. The van der Waals surface area contributed by atoms with Crippen LogP contribution in [0.3, 0.4) is 0 Å². The molecule has 0 saturated heterocycles. The molecule has 3 nitrogen and oxygen atoms in total. The minimum absolute atomic E-state index is 0.396. The first-order valence-corrected chi connectivity index (χ1v) is 5.10. The second-order valence-corrected chi connectivity index (χ2v) is 4.06. The summed E-state index contributed by atoms with van der Waals surface area (Å²) in [6, 6.07) is 1.94. The molecule has 0 aliphatic heterocycles. The molecule has 0 aliphatic carbocycles. The van der Waals surface area contributed by atoms with Gasteiger partial charge in [0, 0.05) is 5.92 Å². The van der Waals surface area contributed by atoms with Gasteiger partial charge in [-0.1, -0.05) is 13.0 Å². The molecule has 0 bridgehead atoms. The maximum atomic E-state index is 13.7. The van der Waals surface area contributed by atoms with E-state index in [4.69, 9.17) is 10.8 Å². The highest BCUT2D eigenvalue weighted by Crippen LogP contribution is 2.27. The summed E-state index contributed by atoms with van der Waals surface area (Å²) >= 11 is 0. The van der Waals surface area contributed by atoms with Crippen LogP contribution in [0.5, 0.6) is 0 Å². The van der Waals surface area contributed by atoms with E-state index in [2.05, 4.69) is 0 Å². The zero-order chi connectivity index (χ0) is 12.5. The van der Waals surface area contributed by atoms with Crippen LogP contribution < -0.4 is 5.73 Å². The van der Waals surface area contributed by atoms with E-state index in [1.54, 1.807) is 19.9 Å². The van der Waals surface area contributed by atoms with E-state index in [0.717, 1.165) is 11.1 Å². The Kier molecular flexibility index (Phi) is 3.65. The van der Waals surface area contributed by atoms with Crippen molar-refractivity contribution < 1.29 is 14.3 Å². The number of aliphatic carboxylic acids is 1. The molecule has 0 saturated carbocycles. The van der Waals surface area contributed by atoms with Gasteiger partial charge in [0.2, 0.25) is 0 Å². The van der Waals surface area contributed by atoms with Crippen molar-refractivity contribution in [3.05, 3.63) is 34.6 Å². The molecule has 16 heavy (non-hydrogen) atoms. The van der Waals surface area contributed by atoms with Crippen LogP contribution in [0.4, 0.5) is 4.39 Å². The molecule has 0 aliphatic rings. The van der Waals surface area contributed by atoms with Crippen LogP contribution in [-0.4, -0.2) is 17.1 Å². The fourth-order valence-corrected chi connectivity index (χ4v) is 1.76. The van der Waals surface area contributed by atoms with Crippen molar-refractivity contribution in [2.45, 2.75) is 32.7 Å². The summed E-state index contributed by atoms with van der Waals surface area (Å²) in [5, 5.41) is 8.82. The lowest BCUT2D eigenvalue weighted by molar-refractivity contribution is -0.139. The average molecular weight is 225 g/mol. The first-order chi connectivity index (χ1) is 7.36. The molecule has 88 valence electrons. The monoisotopic (exact) mass is 225 g/mol. The van der Waals surface area contributed by atoms with E-state index in [-0.39, 0.29) is 0 Å². The van der Waals surface area contributed by atoms with Gasteiger partial charge in [0.05, 0.1) is 0 Å². The smallest absolute Gasteiger partial charge is 0.321 e. The summed E-state index contributed by atoms with van der Waals surface area (Å²) in [4.78, 5) is 10.8. The lowest BCUT2D eigenvalue weighted by atomic mass is 9.88. The number of hydrogen-bond donors (Lipinski definition) is 2. The van der Waals surface area contributed by atoms with E-state index >= 15 is 0 Å². The normalized spacial score (nSPS) is 14.6. The molecule has 2 atom stereocenters. The van der Waals surface area contributed by atoms with Gasteiger partial charge in [-0.2, -0.15) is 0 Å². The number of halogens is 1. The van der Waals surface area contributed by atoms with E-state index in [9.17, 15) is 9.18 Å². The minimum atomic E-state index is -1.12. The van der Waals surface area contributed by atoms with Crippen molar-refractivity contribution in [1.82, 2.24) is 0 Å². The molecule has 1 rings (SSSR count). The zero-order valence-corrected chi connectivity index (χ0v) is 9.62. The van der Waals surface area contributed by atoms with Gasteiger partial charge in [0.15, 0.2) is 0 Å². The first kappa shape index (κ1) is 12.6. The molecule has 0 radical (unpaired) electrons. The first-order valence-electron chi connectivity index (χ1n) is 5.10. The Morgan fingerprint density at radius 2 is 2.00 bits per heavy atom. The fourth-order valence-electron chi connectivity index (χ4n) is 1.76. The summed E-state index contributed by atoms with van der Waals surface area (Å²) in [7, 11) is 0. The number of aryl methyl sites for hydroxylation is 1. The van der Waals surface area contributed by atoms with Crippen molar-refractivity contribution in [3.63, 3.8) is 0 Å². The predicted molar refractivity (Wildman–Crippen MR) is 59.9 cm³/mol. The molecule has 0 spiro atoms. The zero-order valence-electron chi connectivity index (χ0n) is 9.62. The third-order valence-electron chi connectivity index (χ3n) is 3.01. The summed E-state index contributed by atoms with van der Waals surface area (Å²) in [6.45, 7) is 5.26. The average Bonchev–Trinajstić information content (AvgIpc) is 2.22. The SMILES string of the molecule is Cc1ccc(F)c([C@@H](C)[C@@H](N)C(=O)O)c1C. The highest BCUT2D eigenvalue weighted by Gasteiger charge is 2.25. The van der Waals surface area contributed by atoms with Gasteiger partial charge in [-0.3, -0.25) is 4.79 Å². The Morgan fingerprint density at radius 3 is 2.50 bits per heavy atom. The van der Waals surface area contributed by atoms with E-state index in [0.29, 0.717) is 5.56 Å². The maximum Gasteiger partial charge on any atom is 0.321 e. The number of carboxylic acid groups (broad SMARTS) is 1. The number of carbonyl (C=O) groups is 1. The largest absolute Gasteiger partial charge is 0.480 e. The number of benzene rings is 1. The van der Waals surface area contributed by atoms with Gasteiger partial charge >= 0.3 is 5.97 Å². The molecule has 4 heteroatoms. The molecule has 0 heterocycles. The molecule has 0 unspecified atom stereocenters. The van der Waals surface area contributed by atoms with Crippen molar-refractivity contribution in [2.75, 3.05) is 0 Å². The predicted octanol–water partition coefficient (Wildman–Crippen LogP) is 1.96. The van der Waals surface area contributed by atoms with Crippen LogP contribution in [-0.2, 0) is 4.79 Å². The Bertz CT molecular complexity index is 418. The van der Waals surface area contributed by atoms with Crippen LogP contribution in [0, 0.1) is 19.7 Å². The molecule has 3 N–H and O–H groups in total. The van der Waals surface area contributed by atoms with Gasteiger partial charge in [0.1, 0.15) is 11.9 Å². The Balaban J connectivity index is 3.22. The third-order valence-corrected chi connectivity index (χ3v) is 3.01. The third kappa shape index (κ3) is 2.22. The Labute approximate surface area is 94.1 Å². The molecule has 0 amide bonds. The lowest BCUT2D eigenvalue weighted by Gasteiger charge is -2.20. The molecular formula is C12H16FNO2. The lowest BCUT2D eigenvalue weighted by Crippen LogP contribution is -2.36. The molecule has 0 aromatic heterocycles. The summed E-state index contributed by atoms with van der Waals surface area (Å²) < 4.78 is 13.7. The van der Waals surface area contributed by atoms with Gasteiger partial charge in [-0.25, -0.2) is 4.39 Å². The summed E-state index contributed by atoms with van der Waals surface area (Å²) in [5.74, 6) is -2.06. The van der Waals surface area contributed by atoms with Crippen molar-refractivity contribution in [2.24, 2.45) is 5.73 Å². The van der Waals surface area contributed by atoms with Crippen LogP contribution in [0.15, 0.2) is 12.1 Å². The number of nitrogens with two attached hydrogens (primary N) is 1. The quantitative estimate of drug-likeness (QED) is 0.826. The van der Waals surface area contributed by atoms with Crippen molar-refractivity contribution in [1.29, 1.82) is 0 Å². The topological polar surface area (TPSA) is 63.3 Å². The summed E-state index contributed by atoms with van der Waals surface area (Å²) in [6.07, 6.45) is 0. The van der Waals surface area contributed by atoms with Crippen molar-refractivity contribution in [3.8, 4) is 0 Å². The molecule has 1 aromatic carbocycles. The van der Waals surface area contributed by atoms with Crippen LogP contribution >= 0.6 is 0 Å². The molecule has 1 aromatic rings. The highest BCUT2D eigenvalue weighted by atomic mass is 19.1. The Hall–Kier alpha value is -1.42. The van der Waals surface area contributed by atoms with E-state index in [1.165, 1.54) is 6.07 Å². The second-order valence-electron chi connectivity index (χ2n) is 4.06. The maximum absolute atomic E-state index is 13.7. The van der Waals surface area contributed by atoms with E-state index in [1.807, 2.05) is 6.92 Å². The highest BCUT2D eigenvalue weighted by molar-refractivity contribution is 5.74. The number of carboxylic acids is 1. The summed E-state index contributed by atoms with van der Waals surface area (Å²) in [5.41, 5.74) is 7.61. The van der Waals surface area contributed by atoms with Gasteiger partial charge < -0.3 is 10.8 Å². The van der Waals surface area contributed by atoms with Crippen LogP contribution in [0.2, 0.25) is 0 Å². The fraction of sp³-hybridized carbons (Fsp3) is 0.417. The number of rotatable bonds is 3. The standard InChI is InChI=1S/C12H16FNO2/c1-6-4-5-9(13)10(7(6)2)8(3)11(14)12(15)16/h4-5,8,11H,14H2,1-3H3,(H,15,16)/t8-,11-/m1/s1. The van der Waals surface area contributed by atoms with Gasteiger partial charge in [-0.15, -0.1) is 0 Å². The molecular weight excluding hydrogens is 209 g/mol. The van der Waals surface area contributed by atoms with Gasteiger partial charge in [-0.05, 0) is 36.6 Å². The minimum Gasteiger partial charge on any atom is -0.480 e. The van der Waals surface area contributed by atoms with Crippen molar-refractivity contribution >= 4 is 5.97 Å². The Morgan fingerprint density at radius 1 is 1.44 bits per heavy atom. The van der Waals surface area contributed by atoms with Crippen LogP contribution in [0.1, 0.15) is 29.5 Å². The van der Waals surface area contributed by atoms with Crippen LogP contribution in [0.25, 0.3) is 0 Å².